The zero-order valence-electron chi connectivity index (χ0n) is 17.2. The molecule has 1 aromatic heterocycles. The molecule has 2 N–H and O–H groups in total. The van der Waals surface area contributed by atoms with Crippen molar-refractivity contribution in [2.24, 2.45) is 0 Å². The monoisotopic (exact) mass is 396 g/mol. The highest BCUT2D eigenvalue weighted by atomic mass is 16.2. The Labute approximate surface area is 171 Å². The van der Waals surface area contributed by atoms with Crippen LogP contribution in [0.4, 0.5) is 11.6 Å². The fraction of sp³-hybridized carbons (Fsp3) is 0.500. The van der Waals surface area contributed by atoms with Crippen LogP contribution in [0, 0.1) is 0 Å². The minimum atomic E-state index is 0.0742. The second-order valence-corrected chi connectivity index (χ2v) is 7.86. The molecule has 154 valence electrons. The van der Waals surface area contributed by atoms with E-state index in [0.717, 1.165) is 44.0 Å². The molecule has 3 heterocycles. The second-order valence-electron chi connectivity index (χ2n) is 7.86. The fourth-order valence-electron chi connectivity index (χ4n) is 3.75. The topological polar surface area (TPSA) is 89.5 Å². The minimum absolute atomic E-state index is 0.0742. The van der Waals surface area contributed by atoms with Crippen molar-refractivity contribution in [2.45, 2.75) is 26.4 Å². The summed E-state index contributed by atoms with van der Waals surface area (Å²) in [7, 11) is 2.02. The molecule has 4 rings (SSSR count). The summed E-state index contributed by atoms with van der Waals surface area (Å²) >= 11 is 0. The van der Waals surface area contributed by atoms with Crippen LogP contribution in [-0.2, 0) is 11.3 Å². The third-order valence-corrected chi connectivity index (χ3v) is 5.26. The van der Waals surface area contributed by atoms with Gasteiger partial charge in [0.25, 0.3) is 0 Å². The number of carbonyl (C=O) groups is 1. The van der Waals surface area contributed by atoms with Crippen LogP contribution >= 0.6 is 0 Å². The van der Waals surface area contributed by atoms with E-state index >= 15 is 0 Å². The second kappa shape index (κ2) is 8.30. The maximum absolute atomic E-state index is 12.0. The Bertz CT molecular complexity index is 879. The molecule has 1 aromatic carbocycles. The lowest BCUT2D eigenvalue weighted by Crippen LogP contribution is -2.50. The van der Waals surface area contributed by atoms with Gasteiger partial charge in [0.05, 0.1) is 24.1 Å². The number of hydrogen-bond acceptors (Lipinski definition) is 8. The molecule has 9 nitrogen and oxygen atoms in total. The van der Waals surface area contributed by atoms with Gasteiger partial charge in [-0.25, -0.2) is 10.4 Å². The van der Waals surface area contributed by atoms with Gasteiger partial charge in [-0.05, 0) is 31.5 Å². The lowest BCUT2D eigenvalue weighted by Gasteiger charge is -2.34. The summed E-state index contributed by atoms with van der Waals surface area (Å²) in [5, 5.41) is 13.4. The van der Waals surface area contributed by atoms with Crippen LogP contribution < -0.4 is 20.7 Å². The molecule has 0 bridgehead atoms. The number of benzene rings is 1. The van der Waals surface area contributed by atoms with E-state index in [9.17, 15) is 4.79 Å². The van der Waals surface area contributed by atoms with Gasteiger partial charge in [0.1, 0.15) is 0 Å². The molecule has 1 fully saturated rings. The first-order chi connectivity index (χ1) is 14.0. The first-order valence-electron chi connectivity index (χ1n) is 10.1. The molecule has 0 unspecified atom stereocenters. The van der Waals surface area contributed by atoms with Crippen LogP contribution in [0.5, 0.6) is 0 Å². The van der Waals surface area contributed by atoms with Crippen LogP contribution in [0.1, 0.15) is 19.4 Å². The van der Waals surface area contributed by atoms with E-state index in [1.165, 1.54) is 11.3 Å². The summed E-state index contributed by atoms with van der Waals surface area (Å²) in [6.45, 7) is 8.36. The number of hydrazine groups is 1. The highest BCUT2D eigenvalue weighted by Gasteiger charge is 2.22. The van der Waals surface area contributed by atoms with E-state index in [-0.39, 0.29) is 11.9 Å². The molecule has 0 atom stereocenters. The molecule has 0 aliphatic carbocycles. The molecule has 0 saturated carbocycles. The van der Waals surface area contributed by atoms with Crippen molar-refractivity contribution in [1.82, 2.24) is 30.8 Å². The van der Waals surface area contributed by atoms with Crippen LogP contribution in [-0.4, -0.2) is 71.8 Å². The van der Waals surface area contributed by atoms with Gasteiger partial charge in [-0.2, -0.15) is 5.10 Å². The number of fused-ring (bicyclic) bond motifs is 1. The van der Waals surface area contributed by atoms with Gasteiger partial charge in [-0.3, -0.25) is 9.69 Å². The highest BCUT2D eigenvalue weighted by Crippen LogP contribution is 2.29. The van der Waals surface area contributed by atoms with Gasteiger partial charge in [0.2, 0.25) is 11.9 Å². The van der Waals surface area contributed by atoms with Crippen molar-refractivity contribution in [2.75, 3.05) is 49.7 Å². The van der Waals surface area contributed by atoms with Gasteiger partial charge in [-0.15, -0.1) is 5.10 Å². The summed E-state index contributed by atoms with van der Waals surface area (Å²) < 4.78 is 0. The molecular weight excluding hydrogens is 368 g/mol. The average molecular weight is 396 g/mol. The van der Waals surface area contributed by atoms with Gasteiger partial charge in [-0.1, -0.05) is 6.07 Å². The van der Waals surface area contributed by atoms with E-state index in [4.69, 9.17) is 4.98 Å². The summed E-state index contributed by atoms with van der Waals surface area (Å²) in [5.74, 6) is 0.717. The average Bonchev–Trinajstić information content (AvgIpc) is 3.08. The smallest absolute Gasteiger partial charge is 0.245 e. The number of aromatic nitrogens is 3. The number of rotatable bonds is 5. The van der Waals surface area contributed by atoms with E-state index in [1.54, 1.807) is 6.20 Å². The number of anilines is 2. The van der Waals surface area contributed by atoms with Gasteiger partial charge in [0, 0.05) is 51.4 Å². The third kappa shape index (κ3) is 4.46. The quantitative estimate of drug-likeness (QED) is 0.761. The largest absolute Gasteiger partial charge is 0.353 e. The molecule has 1 amide bonds. The summed E-state index contributed by atoms with van der Waals surface area (Å²) in [6.07, 6.45) is 1.71. The van der Waals surface area contributed by atoms with Crippen LogP contribution in [0.25, 0.3) is 11.3 Å². The van der Waals surface area contributed by atoms with Crippen molar-refractivity contribution in [1.29, 1.82) is 0 Å². The van der Waals surface area contributed by atoms with E-state index in [0.29, 0.717) is 12.5 Å². The molecule has 9 heteroatoms. The number of piperazine rings is 1. The number of amides is 1. The first kappa shape index (κ1) is 19.5. The standard InChI is InChI=1S/C20H28N8O/c1-14(2)23-19(29)13-27-6-8-28(9-7-27)20-24-17(12-21-25-20)15-4-5-18-16(10-15)11-22-26(18)3/h4-5,10,12,14,22H,6-9,11,13H2,1-3H3,(H,23,29). The van der Waals surface area contributed by atoms with Crippen LogP contribution in [0.3, 0.4) is 0 Å². The summed E-state index contributed by atoms with van der Waals surface area (Å²) in [4.78, 5) is 21.0. The Morgan fingerprint density at radius 3 is 2.79 bits per heavy atom. The van der Waals surface area contributed by atoms with Gasteiger partial charge < -0.3 is 15.2 Å². The highest BCUT2D eigenvalue weighted by molar-refractivity contribution is 5.78. The Morgan fingerprint density at radius 1 is 1.24 bits per heavy atom. The van der Waals surface area contributed by atoms with Crippen molar-refractivity contribution in [3.63, 3.8) is 0 Å². The third-order valence-electron chi connectivity index (χ3n) is 5.26. The molecule has 2 aliphatic heterocycles. The molecule has 2 aromatic rings. The summed E-state index contributed by atoms with van der Waals surface area (Å²) in [6, 6.07) is 6.50. The SMILES string of the molecule is CC(C)NC(=O)CN1CCN(c2nncc(-c3ccc4c(c3)CNN4C)n2)CC1. The lowest BCUT2D eigenvalue weighted by molar-refractivity contribution is -0.122. The van der Waals surface area contributed by atoms with Gasteiger partial charge in [0.15, 0.2) is 0 Å². The van der Waals surface area contributed by atoms with E-state index in [2.05, 4.69) is 48.9 Å². The minimum Gasteiger partial charge on any atom is -0.353 e. The zero-order valence-corrected chi connectivity index (χ0v) is 17.2. The molecule has 29 heavy (non-hydrogen) atoms. The zero-order chi connectivity index (χ0) is 20.4. The number of nitrogens with zero attached hydrogens (tertiary/aromatic N) is 6. The molecule has 2 aliphatic rings. The molecule has 0 spiro atoms. The lowest BCUT2D eigenvalue weighted by atomic mass is 10.1. The maximum Gasteiger partial charge on any atom is 0.245 e. The molecular formula is C20H28N8O. The summed E-state index contributed by atoms with van der Waals surface area (Å²) in [5.41, 5.74) is 7.60. The van der Waals surface area contributed by atoms with Crippen molar-refractivity contribution < 1.29 is 4.79 Å². The Kier molecular flexibility index (Phi) is 5.59. The fourth-order valence-corrected chi connectivity index (χ4v) is 3.75. The predicted octanol–water partition coefficient (Wildman–Crippen LogP) is 0.640. The normalized spacial score (nSPS) is 17.0. The molecule has 0 radical (unpaired) electrons. The Hall–Kier alpha value is -2.78. The first-order valence-corrected chi connectivity index (χ1v) is 10.1. The maximum atomic E-state index is 12.0. The van der Waals surface area contributed by atoms with Crippen LogP contribution in [0.15, 0.2) is 24.4 Å². The van der Waals surface area contributed by atoms with Crippen molar-refractivity contribution in [3.05, 3.63) is 30.0 Å². The van der Waals surface area contributed by atoms with Crippen molar-refractivity contribution >= 4 is 17.5 Å². The predicted molar refractivity (Wildman–Crippen MR) is 112 cm³/mol. The van der Waals surface area contributed by atoms with E-state index in [1.807, 2.05) is 25.9 Å². The number of hydrogen-bond donors (Lipinski definition) is 2. The van der Waals surface area contributed by atoms with Crippen LogP contribution in [0.2, 0.25) is 0 Å². The van der Waals surface area contributed by atoms with E-state index < -0.39 is 0 Å². The molecule has 1 saturated heterocycles. The number of nitrogens with one attached hydrogen (secondary N) is 2. The van der Waals surface area contributed by atoms with Crippen molar-refractivity contribution in [3.8, 4) is 11.3 Å². The Morgan fingerprint density at radius 2 is 2.03 bits per heavy atom. The van der Waals surface area contributed by atoms with Gasteiger partial charge >= 0.3 is 0 Å². The number of carbonyl (C=O) groups excluding carboxylic acids is 1. The Balaban J connectivity index is 1.41.